The highest BCUT2D eigenvalue weighted by Crippen LogP contribution is 2.26. The second kappa shape index (κ2) is 6.77. The fourth-order valence-electron chi connectivity index (χ4n) is 1.51. The highest BCUT2D eigenvalue weighted by molar-refractivity contribution is 14.1. The van der Waals surface area contributed by atoms with Crippen molar-refractivity contribution in [3.05, 3.63) is 51.1 Å². The van der Waals surface area contributed by atoms with Crippen LogP contribution in [0.4, 0.5) is 11.4 Å². The first-order chi connectivity index (χ1) is 9.95. The van der Waals surface area contributed by atoms with E-state index in [0.29, 0.717) is 10.7 Å². The summed E-state index contributed by atoms with van der Waals surface area (Å²) in [6.45, 7) is 0. The molecule has 0 aliphatic rings. The van der Waals surface area contributed by atoms with E-state index in [0.717, 1.165) is 3.57 Å². The molecule has 0 aromatic heterocycles. The Morgan fingerprint density at radius 2 is 1.62 bits per heavy atom. The molecule has 0 aliphatic carbocycles. The minimum Gasteiger partial charge on any atom is -0.506 e. The molecule has 0 saturated carbocycles. The molecule has 5 nitrogen and oxygen atoms in total. The van der Waals surface area contributed by atoms with Gasteiger partial charge >= 0.3 is 11.8 Å². The zero-order valence-corrected chi connectivity index (χ0v) is 13.5. The first kappa shape index (κ1) is 15.6. The number of hydrogen-bond donors (Lipinski definition) is 3. The monoisotopic (exact) mass is 416 g/mol. The molecular weight excluding hydrogens is 407 g/mol. The molecule has 0 bridgehead atoms. The summed E-state index contributed by atoms with van der Waals surface area (Å²) in [5, 5.41) is 14.7. The standard InChI is InChI=1S/C14H10ClIN2O3/c15-8-1-6-12(19)11(7-8)18-14(21)13(20)17-10-4-2-9(16)3-5-10/h1-7,19H,(H,17,20)(H,18,21). The molecular formula is C14H10ClIN2O3. The van der Waals surface area contributed by atoms with Crippen molar-refractivity contribution in [2.75, 3.05) is 10.6 Å². The quantitative estimate of drug-likeness (QED) is 0.400. The molecule has 3 N–H and O–H groups in total. The summed E-state index contributed by atoms with van der Waals surface area (Å²) < 4.78 is 1.01. The molecule has 0 fully saturated rings. The van der Waals surface area contributed by atoms with Crippen LogP contribution in [-0.4, -0.2) is 16.9 Å². The van der Waals surface area contributed by atoms with E-state index in [1.54, 1.807) is 24.3 Å². The van der Waals surface area contributed by atoms with Gasteiger partial charge in [-0.05, 0) is 65.1 Å². The summed E-state index contributed by atoms with van der Waals surface area (Å²) in [6.07, 6.45) is 0. The lowest BCUT2D eigenvalue weighted by Crippen LogP contribution is -2.29. The number of phenolic OH excluding ortho intramolecular Hbond substituents is 1. The van der Waals surface area contributed by atoms with Gasteiger partial charge in [-0.3, -0.25) is 9.59 Å². The number of aromatic hydroxyl groups is 1. The smallest absolute Gasteiger partial charge is 0.314 e. The third kappa shape index (κ3) is 4.33. The molecule has 2 aromatic carbocycles. The van der Waals surface area contributed by atoms with Crippen LogP contribution >= 0.6 is 34.2 Å². The van der Waals surface area contributed by atoms with E-state index in [1.807, 2.05) is 0 Å². The van der Waals surface area contributed by atoms with E-state index < -0.39 is 11.8 Å². The number of halogens is 2. The average Bonchev–Trinajstić information content (AvgIpc) is 2.45. The van der Waals surface area contributed by atoms with E-state index >= 15 is 0 Å². The van der Waals surface area contributed by atoms with Gasteiger partial charge in [-0.1, -0.05) is 11.6 Å². The lowest BCUT2D eigenvalue weighted by atomic mass is 10.3. The Balaban J connectivity index is 2.04. The Kier molecular flexibility index (Phi) is 5.03. The van der Waals surface area contributed by atoms with Crippen LogP contribution in [0.15, 0.2) is 42.5 Å². The van der Waals surface area contributed by atoms with Gasteiger partial charge in [0, 0.05) is 14.3 Å². The van der Waals surface area contributed by atoms with E-state index in [2.05, 4.69) is 33.2 Å². The lowest BCUT2D eigenvalue weighted by molar-refractivity contribution is -0.133. The molecule has 0 spiro atoms. The predicted octanol–water partition coefficient (Wildman–Crippen LogP) is 3.23. The largest absolute Gasteiger partial charge is 0.506 e. The third-order valence-corrected chi connectivity index (χ3v) is 3.47. The minimum atomic E-state index is -0.897. The molecule has 0 atom stereocenters. The van der Waals surface area contributed by atoms with Gasteiger partial charge in [0.1, 0.15) is 5.75 Å². The van der Waals surface area contributed by atoms with Crippen molar-refractivity contribution in [2.45, 2.75) is 0 Å². The summed E-state index contributed by atoms with van der Waals surface area (Å²) in [5.41, 5.74) is 0.580. The molecule has 2 rings (SSSR count). The summed E-state index contributed by atoms with van der Waals surface area (Å²) in [7, 11) is 0. The Morgan fingerprint density at radius 3 is 2.29 bits per heavy atom. The number of benzene rings is 2. The number of carbonyl (C=O) groups is 2. The van der Waals surface area contributed by atoms with Crippen molar-refractivity contribution >= 4 is 57.4 Å². The molecule has 0 aliphatic heterocycles. The summed E-state index contributed by atoms with van der Waals surface area (Å²) in [5.74, 6) is -1.91. The van der Waals surface area contributed by atoms with E-state index in [9.17, 15) is 14.7 Å². The Morgan fingerprint density at radius 1 is 1.00 bits per heavy atom. The first-order valence-corrected chi connectivity index (χ1v) is 7.28. The van der Waals surface area contributed by atoms with Crippen LogP contribution in [-0.2, 0) is 9.59 Å². The van der Waals surface area contributed by atoms with E-state index in [-0.39, 0.29) is 11.4 Å². The van der Waals surface area contributed by atoms with Gasteiger partial charge in [0.15, 0.2) is 0 Å². The van der Waals surface area contributed by atoms with Gasteiger partial charge in [0.05, 0.1) is 5.69 Å². The van der Waals surface area contributed by atoms with Gasteiger partial charge in [-0.25, -0.2) is 0 Å². The number of carbonyl (C=O) groups excluding carboxylic acids is 2. The number of rotatable bonds is 2. The van der Waals surface area contributed by atoms with Crippen LogP contribution < -0.4 is 10.6 Å². The number of phenols is 1. The van der Waals surface area contributed by atoms with Crippen LogP contribution in [0.3, 0.4) is 0 Å². The highest BCUT2D eigenvalue weighted by Gasteiger charge is 2.15. The normalized spacial score (nSPS) is 10.0. The Hall–Kier alpha value is -1.80. The maximum absolute atomic E-state index is 11.8. The minimum absolute atomic E-state index is 0.0743. The molecule has 21 heavy (non-hydrogen) atoms. The fraction of sp³-hybridized carbons (Fsp3) is 0. The Bertz CT molecular complexity index is 689. The van der Waals surface area contributed by atoms with Crippen molar-refractivity contribution in [3.63, 3.8) is 0 Å². The van der Waals surface area contributed by atoms with Crippen molar-refractivity contribution in [2.24, 2.45) is 0 Å². The molecule has 0 radical (unpaired) electrons. The molecule has 0 heterocycles. The van der Waals surface area contributed by atoms with Gasteiger partial charge < -0.3 is 15.7 Å². The summed E-state index contributed by atoms with van der Waals surface area (Å²) >= 11 is 7.89. The van der Waals surface area contributed by atoms with E-state index in [1.165, 1.54) is 18.2 Å². The molecule has 0 saturated heterocycles. The zero-order valence-electron chi connectivity index (χ0n) is 10.6. The van der Waals surface area contributed by atoms with Crippen LogP contribution in [0.2, 0.25) is 5.02 Å². The molecule has 2 aromatic rings. The van der Waals surface area contributed by atoms with Gasteiger partial charge in [-0.15, -0.1) is 0 Å². The second-order valence-corrected chi connectivity index (χ2v) is 5.76. The van der Waals surface area contributed by atoms with Crippen LogP contribution in [0.1, 0.15) is 0 Å². The van der Waals surface area contributed by atoms with Crippen molar-refractivity contribution in [3.8, 4) is 5.75 Å². The van der Waals surface area contributed by atoms with Crippen LogP contribution in [0, 0.1) is 3.57 Å². The lowest BCUT2D eigenvalue weighted by Gasteiger charge is -2.08. The molecule has 2 amide bonds. The van der Waals surface area contributed by atoms with Crippen molar-refractivity contribution in [1.82, 2.24) is 0 Å². The Labute approximate surface area is 139 Å². The van der Waals surface area contributed by atoms with E-state index in [4.69, 9.17) is 11.6 Å². The number of anilines is 2. The highest BCUT2D eigenvalue weighted by atomic mass is 127. The van der Waals surface area contributed by atoms with Gasteiger partial charge in [0.25, 0.3) is 0 Å². The number of nitrogens with one attached hydrogen (secondary N) is 2. The number of hydrogen-bond acceptors (Lipinski definition) is 3. The van der Waals surface area contributed by atoms with Crippen LogP contribution in [0.5, 0.6) is 5.75 Å². The maximum Gasteiger partial charge on any atom is 0.314 e. The summed E-state index contributed by atoms with van der Waals surface area (Å²) in [6, 6.07) is 11.1. The van der Waals surface area contributed by atoms with Crippen LogP contribution in [0.25, 0.3) is 0 Å². The SMILES string of the molecule is O=C(Nc1ccc(I)cc1)C(=O)Nc1cc(Cl)ccc1O. The molecule has 0 unspecified atom stereocenters. The van der Waals surface area contributed by atoms with Gasteiger partial charge in [0.2, 0.25) is 0 Å². The number of amides is 2. The maximum atomic E-state index is 11.8. The molecule has 7 heteroatoms. The van der Waals surface area contributed by atoms with Crippen molar-refractivity contribution < 1.29 is 14.7 Å². The average molecular weight is 417 g/mol. The predicted molar refractivity (Wildman–Crippen MR) is 89.5 cm³/mol. The fourth-order valence-corrected chi connectivity index (χ4v) is 2.04. The second-order valence-electron chi connectivity index (χ2n) is 4.08. The third-order valence-electron chi connectivity index (χ3n) is 2.52. The zero-order chi connectivity index (χ0) is 15.4. The van der Waals surface area contributed by atoms with Gasteiger partial charge in [-0.2, -0.15) is 0 Å². The molecule has 108 valence electrons. The topological polar surface area (TPSA) is 78.4 Å². The first-order valence-electron chi connectivity index (χ1n) is 5.82. The van der Waals surface area contributed by atoms with Crippen molar-refractivity contribution in [1.29, 1.82) is 0 Å². The summed E-state index contributed by atoms with van der Waals surface area (Å²) in [4.78, 5) is 23.5.